The molecule has 0 bridgehead atoms. The van der Waals surface area contributed by atoms with E-state index >= 15 is 0 Å². The highest BCUT2D eigenvalue weighted by Crippen LogP contribution is 2.28. The van der Waals surface area contributed by atoms with Crippen LogP contribution in [0.1, 0.15) is 11.3 Å². The molecule has 114 valence electrons. The van der Waals surface area contributed by atoms with Crippen LogP contribution in [0.15, 0.2) is 36.7 Å². The molecule has 2 rings (SSSR count). The molecule has 2 N–H and O–H groups in total. The molecule has 0 atom stereocenters. The maximum Gasteiger partial charge on any atom is 0.417 e. The van der Waals surface area contributed by atoms with Gasteiger partial charge in [-0.1, -0.05) is 0 Å². The molecule has 2 heterocycles. The largest absolute Gasteiger partial charge is 0.417 e. The van der Waals surface area contributed by atoms with Gasteiger partial charge in [0.15, 0.2) is 0 Å². The summed E-state index contributed by atoms with van der Waals surface area (Å²) in [4.78, 5) is 3.74. The summed E-state index contributed by atoms with van der Waals surface area (Å²) in [5.74, 6) is 0.434. The molecule has 0 aliphatic carbocycles. The summed E-state index contributed by atoms with van der Waals surface area (Å²) in [7, 11) is 1.97. The number of nitrogens with zero attached hydrogens (tertiary/aromatic N) is 2. The Morgan fingerprint density at radius 3 is 2.57 bits per heavy atom. The summed E-state index contributed by atoms with van der Waals surface area (Å²) in [6.45, 7) is 2.02. The summed E-state index contributed by atoms with van der Waals surface area (Å²) < 4.78 is 39.1. The number of halogens is 3. The highest BCUT2D eigenvalue weighted by Gasteiger charge is 2.30. The minimum absolute atomic E-state index is 0.434. The molecule has 0 saturated carbocycles. The smallest absolute Gasteiger partial charge is 0.369 e. The van der Waals surface area contributed by atoms with Crippen LogP contribution in [0.5, 0.6) is 0 Å². The Balaban J connectivity index is 1.70. The van der Waals surface area contributed by atoms with Crippen molar-refractivity contribution in [3.8, 4) is 0 Å². The molecule has 2 aromatic heterocycles. The van der Waals surface area contributed by atoms with E-state index in [1.54, 1.807) is 0 Å². The molecule has 0 spiro atoms. The van der Waals surface area contributed by atoms with Crippen molar-refractivity contribution in [3.63, 3.8) is 0 Å². The van der Waals surface area contributed by atoms with E-state index in [1.807, 2.05) is 29.9 Å². The lowest BCUT2D eigenvalue weighted by Gasteiger charge is -2.09. The lowest BCUT2D eigenvalue weighted by Crippen LogP contribution is -2.23. The third-order valence-corrected chi connectivity index (χ3v) is 3.06. The zero-order valence-electron chi connectivity index (χ0n) is 11.6. The molecule has 2 aromatic rings. The zero-order chi connectivity index (χ0) is 15.3. The first-order valence-corrected chi connectivity index (χ1v) is 6.55. The quantitative estimate of drug-likeness (QED) is 0.806. The summed E-state index contributed by atoms with van der Waals surface area (Å²) in [5, 5.41) is 6.21. The minimum atomic E-state index is -4.35. The van der Waals surface area contributed by atoms with E-state index in [9.17, 15) is 13.2 Å². The third-order valence-electron chi connectivity index (χ3n) is 3.06. The van der Waals surface area contributed by atoms with Gasteiger partial charge in [-0.2, -0.15) is 13.2 Å². The number of rotatable bonds is 6. The first kappa shape index (κ1) is 15.4. The van der Waals surface area contributed by atoms with Crippen LogP contribution in [-0.4, -0.2) is 22.6 Å². The third kappa shape index (κ3) is 4.49. The van der Waals surface area contributed by atoms with Crippen molar-refractivity contribution in [3.05, 3.63) is 47.9 Å². The van der Waals surface area contributed by atoms with Gasteiger partial charge in [0.25, 0.3) is 0 Å². The minimum Gasteiger partial charge on any atom is -0.369 e. The standard InChI is InChI=1S/C14H17F3N4/c1-21-8-2-3-12(21)10-18-6-7-19-13-5-4-11(9-20-13)14(15,16)17/h2-5,8-9,18H,6-7,10H2,1H3,(H,19,20). The molecule has 21 heavy (non-hydrogen) atoms. The highest BCUT2D eigenvalue weighted by atomic mass is 19.4. The molecule has 0 amide bonds. The predicted molar refractivity (Wildman–Crippen MR) is 74.8 cm³/mol. The van der Waals surface area contributed by atoms with Gasteiger partial charge in [-0.25, -0.2) is 4.98 Å². The second-order valence-corrected chi connectivity index (χ2v) is 4.64. The molecule has 0 fully saturated rings. The fourth-order valence-corrected chi connectivity index (χ4v) is 1.84. The van der Waals surface area contributed by atoms with Gasteiger partial charge >= 0.3 is 6.18 Å². The Kier molecular flexibility index (Phi) is 4.85. The maximum atomic E-state index is 12.4. The van der Waals surface area contributed by atoms with Gasteiger partial charge in [-0.15, -0.1) is 0 Å². The molecule has 0 aliphatic rings. The van der Waals surface area contributed by atoms with Crippen molar-refractivity contribution in [2.45, 2.75) is 12.7 Å². The normalized spacial score (nSPS) is 11.6. The molecular formula is C14H17F3N4. The predicted octanol–water partition coefficient (Wildman–Crippen LogP) is 2.64. The van der Waals surface area contributed by atoms with E-state index < -0.39 is 11.7 Å². The van der Waals surface area contributed by atoms with E-state index in [0.29, 0.717) is 18.9 Å². The number of hydrogen-bond acceptors (Lipinski definition) is 3. The Hall–Kier alpha value is -2.02. The van der Waals surface area contributed by atoms with Crippen molar-refractivity contribution < 1.29 is 13.2 Å². The Labute approximate surface area is 121 Å². The number of nitrogens with one attached hydrogen (secondary N) is 2. The van der Waals surface area contributed by atoms with Gasteiger partial charge in [0, 0.05) is 44.8 Å². The fraction of sp³-hybridized carbons (Fsp3) is 0.357. The van der Waals surface area contributed by atoms with Crippen LogP contribution in [-0.2, 0) is 19.8 Å². The summed E-state index contributed by atoms with van der Waals surface area (Å²) >= 11 is 0. The zero-order valence-corrected chi connectivity index (χ0v) is 11.6. The number of anilines is 1. The second-order valence-electron chi connectivity index (χ2n) is 4.64. The highest BCUT2D eigenvalue weighted by molar-refractivity contribution is 5.36. The van der Waals surface area contributed by atoms with Crippen molar-refractivity contribution in [1.29, 1.82) is 0 Å². The van der Waals surface area contributed by atoms with Gasteiger partial charge in [0.05, 0.1) is 5.56 Å². The van der Waals surface area contributed by atoms with E-state index in [0.717, 1.165) is 18.8 Å². The average molecular weight is 298 g/mol. The first-order chi connectivity index (χ1) is 9.97. The number of alkyl halides is 3. The molecule has 4 nitrogen and oxygen atoms in total. The van der Waals surface area contributed by atoms with E-state index in [2.05, 4.69) is 15.6 Å². The van der Waals surface area contributed by atoms with Crippen molar-refractivity contribution in [2.75, 3.05) is 18.4 Å². The van der Waals surface area contributed by atoms with Crippen LogP contribution in [0, 0.1) is 0 Å². The summed E-state index contributed by atoms with van der Waals surface area (Å²) in [6.07, 6.45) is -1.54. The molecule has 0 radical (unpaired) electrons. The van der Waals surface area contributed by atoms with Crippen LogP contribution < -0.4 is 10.6 Å². The Morgan fingerprint density at radius 2 is 2.00 bits per heavy atom. The maximum absolute atomic E-state index is 12.4. The second kappa shape index (κ2) is 6.62. The molecule has 0 unspecified atom stereocenters. The van der Waals surface area contributed by atoms with Crippen LogP contribution in [0.4, 0.5) is 19.0 Å². The van der Waals surface area contributed by atoms with Crippen molar-refractivity contribution >= 4 is 5.82 Å². The lowest BCUT2D eigenvalue weighted by molar-refractivity contribution is -0.137. The lowest BCUT2D eigenvalue weighted by atomic mass is 10.3. The molecule has 7 heteroatoms. The average Bonchev–Trinajstić information content (AvgIpc) is 2.84. The molecular weight excluding hydrogens is 281 g/mol. The van der Waals surface area contributed by atoms with Gasteiger partial charge in [-0.05, 0) is 24.3 Å². The SMILES string of the molecule is Cn1cccc1CNCCNc1ccc(C(F)(F)F)cn1. The van der Waals surface area contributed by atoms with Crippen molar-refractivity contribution in [2.24, 2.45) is 7.05 Å². The molecule has 0 aliphatic heterocycles. The Bertz CT molecular complexity index is 560. The number of hydrogen-bond donors (Lipinski definition) is 2. The summed E-state index contributed by atoms with van der Waals surface area (Å²) in [5.41, 5.74) is 0.428. The van der Waals surface area contributed by atoms with Gasteiger partial charge in [0.2, 0.25) is 0 Å². The van der Waals surface area contributed by atoms with Crippen LogP contribution in [0.2, 0.25) is 0 Å². The molecule has 0 saturated heterocycles. The van der Waals surface area contributed by atoms with Crippen molar-refractivity contribution in [1.82, 2.24) is 14.9 Å². The Morgan fingerprint density at radius 1 is 1.19 bits per heavy atom. The first-order valence-electron chi connectivity index (χ1n) is 6.55. The fourth-order valence-electron chi connectivity index (χ4n) is 1.84. The topological polar surface area (TPSA) is 41.9 Å². The van der Waals surface area contributed by atoms with E-state index in [4.69, 9.17) is 0 Å². The van der Waals surface area contributed by atoms with Crippen LogP contribution in [0.3, 0.4) is 0 Å². The van der Waals surface area contributed by atoms with E-state index in [-0.39, 0.29) is 0 Å². The monoisotopic (exact) mass is 298 g/mol. The van der Waals surface area contributed by atoms with Gasteiger partial charge < -0.3 is 15.2 Å². The van der Waals surface area contributed by atoms with Crippen LogP contribution in [0.25, 0.3) is 0 Å². The van der Waals surface area contributed by atoms with Gasteiger partial charge in [0.1, 0.15) is 5.82 Å². The number of aromatic nitrogens is 2. The summed E-state index contributed by atoms with van der Waals surface area (Å²) in [6, 6.07) is 6.35. The molecule has 0 aromatic carbocycles. The van der Waals surface area contributed by atoms with E-state index in [1.165, 1.54) is 11.8 Å². The van der Waals surface area contributed by atoms with Gasteiger partial charge in [-0.3, -0.25) is 0 Å². The number of aryl methyl sites for hydroxylation is 1. The van der Waals surface area contributed by atoms with Crippen LogP contribution >= 0.6 is 0 Å². The number of pyridine rings is 1.